The molecule has 0 atom stereocenters. The number of rotatable bonds is 9. The third-order valence-electron chi connectivity index (χ3n) is 6.69. The van der Waals surface area contributed by atoms with Crippen LogP contribution >= 0.6 is 0 Å². The number of benzene rings is 2. The SMILES string of the molecule is CCC=Cc1nn(CCC2CCCCC2)c(=O)n1Cc1ccc(-c2ccccc2C(=O)O)cc1. The highest BCUT2D eigenvalue weighted by Gasteiger charge is 2.17. The van der Waals surface area contributed by atoms with E-state index in [1.54, 1.807) is 21.4 Å². The van der Waals surface area contributed by atoms with Crippen LogP contribution in [0.5, 0.6) is 0 Å². The van der Waals surface area contributed by atoms with Crippen molar-refractivity contribution < 1.29 is 9.90 Å². The molecule has 0 amide bonds. The molecule has 1 aromatic heterocycles. The Morgan fingerprint density at radius 1 is 1.09 bits per heavy atom. The minimum atomic E-state index is -0.945. The molecular formula is C28H33N3O3. The second kappa shape index (κ2) is 11.1. The third kappa shape index (κ3) is 5.56. The van der Waals surface area contributed by atoms with Crippen LogP contribution in [0.3, 0.4) is 0 Å². The van der Waals surface area contributed by atoms with Gasteiger partial charge in [-0.1, -0.05) is 87.6 Å². The molecule has 0 spiro atoms. The fraction of sp³-hybridized carbons (Fsp3) is 0.393. The van der Waals surface area contributed by atoms with Crippen molar-refractivity contribution in [1.82, 2.24) is 14.3 Å². The standard InChI is InChI=1S/C28H33N3O3/c1-2-3-13-26-29-31(19-18-21-9-5-4-6-10-21)28(34)30(26)20-22-14-16-23(17-15-22)24-11-7-8-12-25(24)27(32)33/h3,7-8,11-17,21H,2,4-6,9-10,18-20H2,1H3,(H,32,33). The molecule has 1 aliphatic carbocycles. The summed E-state index contributed by atoms with van der Waals surface area (Å²) in [6.07, 6.45) is 12.3. The summed E-state index contributed by atoms with van der Waals surface area (Å²) in [4.78, 5) is 24.8. The van der Waals surface area contributed by atoms with Gasteiger partial charge >= 0.3 is 11.7 Å². The molecule has 0 aliphatic heterocycles. The van der Waals surface area contributed by atoms with Crippen molar-refractivity contribution in [2.45, 2.75) is 65.0 Å². The molecule has 1 heterocycles. The largest absolute Gasteiger partial charge is 0.478 e. The zero-order valence-corrected chi connectivity index (χ0v) is 19.8. The Morgan fingerprint density at radius 3 is 2.53 bits per heavy atom. The fourth-order valence-corrected chi connectivity index (χ4v) is 4.77. The van der Waals surface area contributed by atoms with Gasteiger partial charge < -0.3 is 5.11 Å². The van der Waals surface area contributed by atoms with Crippen LogP contribution in [0.25, 0.3) is 17.2 Å². The second-order valence-corrected chi connectivity index (χ2v) is 9.10. The van der Waals surface area contributed by atoms with Gasteiger partial charge in [0.25, 0.3) is 0 Å². The minimum Gasteiger partial charge on any atom is -0.478 e. The number of carboxylic acids is 1. The first-order valence-electron chi connectivity index (χ1n) is 12.3. The van der Waals surface area contributed by atoms with E-state index in [1.165, 1.54) is 32.1 Å². The number of carboxylic acid groups (broad SMARTS) is 1. The molecule has 0 radical (unpaired) electrons. The summed E-state index contributed by atoms with van der Waals surface area (Å²) in [6, 6.07) is 14.7. The molecule has 6 heteroatoms. The molecule has 6 nitrogen and oxygen atoms in total. The van der Waals surface area contributed by atoms with Crippen LogP contribution in [0, 0.1) is 5.92 Å². The highest BCUT2D eigenvalue weighted by atomic mass is 16.4. The molecule has 34 heavy (non-hydrogen) atoms. The van der Waals surface area contributed by atoms with Crippen molar-refractivity contribution in [2.75, 3.05) is 0 Å². The van der Waals surface area contributed by atoms with Crippen molar-refractivity contribution in [3.8, 4) is 11.1 Å². The Labute approximate surface area is 200 Å². The summed E-state index contributed by atoms with van der Waals surface area (Å²) in [5, 5.41) is 14.1. The molecule has 1 aliphatic rings. The zero-order valence-electron chi connectivity index (χ0n) is 19.8. The summed E-state index contributed by atoms with van der Waals surface area (Å²) in [5.41, 5.74) is 2.69. The molecule has 4 rings (SSSR count). The van der Waals surface area contributed by atoms with Crippen molar-refractivity contribution in [2.24, 2.45) is 5.92 Å². The number of allylic oxidation sites excluding steroid dienone is 1. The predicted molar refractivity (Wildman–Crippen MR) is 135 cm³/mol. The van der Waals surface area contributed by atoms with E-state index in [4.69, 9.17) is 0 Å². The lowest BCUT2D eigenvalue weighted by Crippen LogP contribution is -2.26. The lowest BCUT2D eigenvalue weighted by atomic mass is 9.87. The highest BCUT2D eigenvalue weighted by molar-refractivity contribution is 5.95. The first kappa shape index (κ1) is 23.7. The number of aryl methyl sites for hydroxylation is 1. The van der Waals surface area contributed by atoms with Gasteiger partial charge in [-0.2, -0.15) is 5.10 Å². The molecule has 0 saturated heterocycles. The van der Waals surface area contributed by atoms with Gasteiger partial charge in [0.1, 0.15) is 0 Å². The van der Waals surface area contributed by atoms with E-state index in [1.807, 2.05) is 48.6 Å². The number of nitrogens with zero attached hydrogens (tertiary/aromatic N) is 3. The molecule has 1 saturated carbocycles. The van der Waals surface area contributed by atoms with Gasteiger partial charge in [-0.3, -0.25) is 4.57 Å². The monoisotopic (exact) mass is 459 g/mol. The Balaban J connectivity index is 1.55. The Hall–Kier alpha value is -3.41. The Kier molecular flexibility index (Phi) is 7.78. The summed E-state index contributed by atoms with van der Waals surface area (Å²) in [7, 11) is 0. The summed E-state index contributed by atoms with van der Waals surface area (Å²) >= 11 is 0. The Bertz CT molecular complexity index is 1200. The molecule has 2 aromatic carbocycles. The predicted octanol–water partition coefficient (Wildman–Crippen LogP) is 5.85. The van der Waals surface area contributed by atoms with Gasteiger partial charge in [-0.05, 0) is 47.6 Å². The molecular weight excluding hydrogens is 426 g/mol. The number of hydrogen-bond acceptors (Lipinski definition) is 3. The van der Waals surface area contributed by atoms with Crippen LogP contribution in [-0.2, 0) is 13.1 Å². The number of hydrogen-bond donors (Lipinski definition) is 1. The van der Waals surface area contributed by atoms with Crippen LogP contribution in [-0.4, -0.2) is 25.4 Å². The van der Waals surface area contributed by atoms with Crippen LogP contribution < -0.4 is 5.69 Å². The minimum absolute atomic E-state index is 0.0770. The summed E-state index contributed by atoms with van der Waals surface area (Å²) < 4.78 is 3.36. The van der Waals surface area contributed by atoms with Crippen LogP contribution in [0.2, 0.25) is 0 Å². The summed E-state index contributed by atoms with van der Waals surface area (Å²) in [5.74, 6) is 0.427. The van der Waals surface area contributed by atoms with Crippen LogP contribution in [0.4, 0.5) is 0 Å². The van der Waals surface area contributed by atoms with Crippen LogP contribution in [0.1, 0.15) is 73.6 Å². The normalized spacial score (nSPS) is 14.6. The van der Waals surface area contributed by atoms with Gasteiger partial charge in [0.05, 0.1) is 12.1 Å². The van der Waals surface area contributed by atoms with Crippen molar-refractivity contribution in [1.29, 1.82) is 0 Å². The first-order chi connectivity index (χ1) is 16.6. The maximum Gasteiger partial charge on any atom is 0.346 e. The molecule has 0 bridgehead atoms. The average Bonchev–Trinajstić information content (AvgIpc) is 3.16. The number of aromatic carboxylic acids is 1. The van der Waals surface area contributed by atoms with Gasteiger partial charge in [-0.25, -0.2) is 14.3 Å². The lowest BCUT2D eigenvalue weighted by molar-refractivity contribution is 0.0697. The van der Waals surface area contributed by atoms with E-state index in [-0.39, 0.29) is 11.3 Å². The Morgan fingerprint density at radius 2 is 1.82 bits per heavy atom. The van der Waals surface area contributed by atoms with Gasteiger partial charge in [0, 0.05) is 6.54 Å². The third-order valence-corrected chi connectivity index (χ3v) is 6.69. The number of carbonyl (C=O) groups is 1. The summed E-state index contributed by atoms with van der Waals surface area (Å²) in [6.45, 7) is 3.15. The van der Waals surface area contributed by atoms with E-state index < -0.39 is 5.97 Å². The average molecular weight is 460 g/mol. The quantitative estimate of drug-likeness (QED) is 0.435. The maximum atomic E-state index is 13.2. The van der Waals surface area contributed by atoms with Crippen LogP contribution in [0.15, 0.2) is 59.4 Å². The first-order valence-corrected chi connectivity index (χ1v) is 12.3. The van der Waals surface area contributed by atoms with Crippen molar-refractivity contribution >= 4 is 12.0 Å². The molecule has 0 unspecified atom stereocenters. The van der Waals surface area contributed by atoms with E-state index in [0.29, 0.717) is 30.4 Å². The fourth-order valence-electron chi connectivity index (χ4n) is 4.77. The molecule has 178 valence electrons. The topological polar surface area (TPSA) is 77.1 Å². The maximum absolute atomic E-state index is 13.2. The van der Waals surface area contributed by atoms with Gasteiger partial charge in [-0.15, -0.1) is 0 Å². The highest BCUT2D eigenvalue weighted by Crippen LogP contribution is 2.27. The van der Waals surface area contributed by atoms with E-state index in [9.17, 15) is 14.7 Å². The van der Waals surface area contributed by atoms with Crippen molar-refractivity contribution in [3.63, 3.8) is 0 Å². The van der Waals surface area contributed by atoms with E-state index in [2.05, 4.69) is 12.0 Å². The van der Waals surface area contributed by atoms with Crippen molar-refractivity contribution in [3.05, 3.63) is 82.0 Å². The van der Waals surface area contributed by atoms with E-state index in [0.717, 1.165) is 24.0 Å². The van der Waals surface area contributed by atoms with Gasteiger partial charge in [0.15, 0.2) is 5.82 Å². The second-order valence-electron chi connectivity index (χ2n) is 9.10. The number of aromatic nitrogens is 3. The zero-order chi connectivity index (χ0) is 23.9. The van der Waals surface area contributed by atoms with E-state index >= 15 is 0 Å². The van der Waals surface area contributed by atoms with Gasteiger partial charge in [0.2, 0.25) is 0 Å². The smallest absolute Gasteiger partial charge is 0.346 e. The molecule has 1 N–H and O–H groups in total. The molecule has 1 fully saturated rings. The molecule has 3 aromatic rings. The lowest BCUT2D eigenvalue weighted by Gasteiger charge is -2.20.